The van der Waals surface area contributed by atoms with Crippen LogP contribution in [0.4, 0.5) is 0 Å². The molecule has 0 aliphatic heterocycles. The van der Waals surface area contributed by atoms with Gasteiger partial charge in [0.05, 0.1) is 12.3 Å². The van der Waals surface area contributed by atoms with Crippen molar-refractivity contribution in [3.8, 4) is 0 Å². The molecule has 0 fully saturated rings. The van der Waals surface area contributed by atoms with Gasteiger partial charge in [-0.2, -0.15) is 0 Å². The molecule has 0 saturated carbocycles. The number of aromatic nitrogens is 1. The predicted octanol–water partition coefficient (Wildman–Crippen LogP) is 2.32. The van der Waals surface area contributed by atoms with Gasteiger partial charge < -0.3 is 10.5 Å². The summed E-state index contributed by atoms with van der Waals surface area (Å²) < 4.78 is 5.96. The van der Waals surface area contributed by atoms with Gasteiger partial charge in [0.2, 0.25) is 0 Å². The van der Waals surface area contributed by atoms with Crippen molar-refractivity contribution in [1.29, 1.82) is 0 Å². The number of rotatable bonds is 5. The van der Waals surface area contributed by atoms with Gasteiger partial charge >= 0.3 is 0 Å². The minimum Gasteiger partial charge on any atom is -0.363 e. The minimum absolute atomic E-state index is 0.495. The lowest BCUT2D eigenvalue weighted by atomic mass is 9.91. The van der Waals surface area contributed by atoms with Gasteiger partial charge in [0.25, 0.3) is 0 Å². The summed E-state index contributed by atoms with van der Waals surface area (Å²) in [6.07, 6.45) is 1.78. The Morgan fingerprint density at radius 1 is 1.11 bits per heavy atom. The van der Waals surface area contributed by atoms with Gasteiger partial charge in [-0.15, -0.1) is 0 Å². The van der Waals surface area contributed by atoms with Crippen LogP contribution in [0.15, 0.2) is 54.7 Å². The van der Waals surface area contributed by atoms with E-state index in [-0.39, 0.29) is 0 Å². The van der Waals surface area contributed by atoms with Crippen molar-refractivity contribution in [2.24, 2.45) is 5.73 Å². The van der Waals surface area contributed by atoms with E-state index in [1.807, 2.05) is 55.5 Å². The minimum atomic E-state index is -0.554. The third kappa shape index (κ3) is 2.58. The molecule has 0 aliphatic carbocycles. The van der Waals surface area contributed by atoms with Crippen LogP contribution in [0.1, 0.15) is 18.2 Å². The van der Waals surface area contributed by atoms with Gasteiger partial charge in [-0.05, 0) is 24.6 Å². The van der Waals surface area contributed by atoms with Crippen LogP contribution in [0, 0.1) is 0 Å². The summed E-state index contributed by atoms with van der Waals surface area (Å²) in [6.45, 7) is 3.03. The van der Waals surface area contributed by atoms with E-state index in [2.05, 4.69) is 4.98 Å². The van der Waals surface area contributed by atoms with Crippen LogP contribution < -0.4 is 5.73 Å². The quantitative estimate of drug-likeness (QED) is 0.875. The van der Waals surface area contributed by atoms with Crippen LogP contribution in [0.2, 0.25) is 0 Å². The van der Waals surface area contributed by atoms with E-state index >= 15 is 0 Å². The van der Waals surface area contributed by atoms with Gasteiger partial charge in [0.1, 0.15) is 5.60 Å². The van der Waals surface area contributed by atoms with Crippen molar-refractivity contribution in [3.63, 3.8) is 0 Å². The lowest BCUT2D eigenvalue weighted by Crippen LogP contribution is -2.30. The monoisotopic (exact) mass is 242 g/mol. The maximum Gasteiger partial charge on any atom is 0.132 e. The second kappa shape index (κ2) is 5.76. The maximum atomic E-state index is 5.96. The molecule has 1 aromatic heterocycles. The summed E-state index contributed by atoms with van der Waals surface area (Å²) in [4.78, 5) is 4.41. The fourth-order valence-corrected chi connectivity index (χ4v) is 1.97. The molecule has 1 heterocycles. The molecule has 94 valence electrons. The van der Waals surface area contributed by atoms with Crippen LogP contribution >= 0.6 is 0 Å². The van der Waals surface area contributed by atoms with Crippen LogP contribution in [0.25, 0.3) is 0 Å². The van der Waals surface area contributed by atoms with Gasteiger partial charge in [0, 0.05) is 12.7 Å². The summed E-state index contributed by atoms with van der Waals surface area (Å²) in [5, 5.41) is 0. The highest BCUT2D eigenvalue weighted by Crippen LogP contribution is 2.31. The zero-order valence-corrected chi connectivity index (χ0v) is 10.5. The molecule has 0 amide bonds. The van der Waals surface area contributed by atoms with E-state index in [9.17, 15) is 0 Å². The van der Waals surface area contributed by atoms with Gasteiger partial charge in [-0.25, -0.2) is 0 Å². The number of hydrogen-bond acceptors (Lipinski definition) is 3. The van der Waals surface area contributed by atoms with Crippen molar-refractivity contribution in [2.45, 2.75) is 12.5 Å². The Morgan fingerprint density at radius 3 is 2.44 bits per heavy atom. The zero-order valence-electron chi connectivity index (χ0n) is 10.5. The maximum absolute atomic E-state index is 5.96. The topological polar surface area (TPSA) is 48.1 Å². The molecule has 2 rings (SSSR count). The van der Waals surface area contributed by atoms with Crippen LogP contribution in [-0.4, -0.2) is 18.1 Å². The molecule has 1 unspecified atom stereocenters. The molecular weight excluding hydrogens is 224 g/mol. The Morgan fingerprint density at radius 2 is 1.83 bits per heavy atom. The Bertz CT molecular complexity index is 431. The lowest BCUT2D eigenvalue weighted by molar-refractivity contribution is -0.00252. The van der Waals surface area contributed by atoms with E-state index in [0.717, 1.165) is 11.3 Å². The van der Waals surface area contributed by atoms with E-state index in [1.54, 1.807) is 6.20 Å². The first kappa shape index (κ1) is 12.7. The Hall–Kier alpha value is -1.71. The molecule has 2 aromatic rings. The molecule has 1 atom stereocenters. The summed E-state index contributed by atoms with van der Waals surface area (Å²) in [5.74, 6) is 0. The van der Waals surface area contributed by atoms with E-state index in [4.69, 9.17) is 10.5 Å². The van der Waals surface area contributed by atoms with Crippen molar-refractivity contribution >= 4 is 0 Å². The molecule has 0 radical (unpaired) electrons. The molecule has 0 bridgehead atoms. The fourth-order valence-electron chi connectivity index (χ4n) is 1.97. The third-order valence-electron chi connectivity index (χ3n) is 2.99. The Labute approximate surface area is 108 Å². The molecule has 1 aromatic carbocycles. The fraction of sp³-hybridized carbons (Fsp3) is 0.267. The van der Waals surface area contributed by atoms with Crippen LogP contribution in [-0.2, 0) is 10.3 Å². The van der Waals surface area contributed by atoms with Gasteiger partial charge in [-0.1, -0.05) is 36.4 Å². The SMILES string of the molecule is CC(OCCN)(c1ccccc1)c1ccccn1. The highest BCUT2D eigenvalue weighted by molar-refractivity contribution is 5.31. The first-order chi connectivity index (χ1) is 8.77. The smallest absolute Gasteiger partial charge is 0.132 e. The Kier molecular flexibility index (Phi) is 4.07. The number of pyridine rings is 1. The Balaban J connectivity index is 2.41. The molecule has 0 aliphatic rings. The second-order valence-corrected chi connectivity index (χ2v) is 4.25. The summed E-state index contributed by atoms with van der Waals surface area (Å²) >= 11 is 0. The van der Waals surface area contributed by atoms with E-state index in [1.165, 1.54) is 0 Å². The second-order valence-electron chi connectivity index (χ2n) is 4.25. The van der Waals surface area contributed by atoms with Crippen LogP contribution in [0.5, 0.6) is 0 Å². The number of benzene rings is 1. The predicted molar refractivity (Wildman–Crippen MR) is 72.1 cm³/mol. The summed E-state index contributed by atoms with van der Waals surface area (Å²) in [5.41, 5.74) is 6.97. The molecule has 0 saturated heterocycles. The van der Waals surface area contributed by atoms with E-state index < -0.39 is 5.60 Å². The van der Waals surface area contributed by atoms with Crippen molar-refractivity contribution in [3.05, 3.63) is 66.0 Å². The zero-order chi connectivity index (χ0) is 12.8. The van der Waals surface area contributed by atoms with Crippen molar-refractivity contribution < 1.29 is 4.74 Å². The van der Waals surface area contributed by atoms with Crippen LogP contribution in [0.3, 0.4) is 0 Å². The highest BCUT2D eigenvalue weighted by atomic mass is 16.5. The van der Waals surface area contributed by atoms with Crippen molar-refractivity contribution in [1.82, 2.24) is 4.98 Å². The van der Waals surface area contributed by atoms with Gasteiger partial charge in [-0.3, -0.25) is 4.98 Å². The highest BCUT2D eigenvalue weighted by Gasteiger charge is 2.30. The standard InChI is InChI=1S/C15H18N2O/c1-15(18-12-10-16,13-7-3-2-4-8-13)14-9-5-6-11-17-14/h2-9,11H,10,12,16H2,1H3. The molecule has 3 nitrogen and oxygen atoms in total. The first-order valence-corrected chi connectivity index (χ1v) is 6.08. The molecule has 0 spiro atoms. The van der Waals surface area contributed by atoms with E-state index in [0.29, 0.717) is 13.2 Å². The number of nitrogens with zero attached hydrogens (tertiary/aromatic N) is 1. The molecular formula is C15H18N2O. The molecule has 3 heteroatoms. The summed E-state index contributed by atoms with van der Waals surface area (Å²) in [6, 6.07) is 15.9. The normalized spacial score (nSPS) is 14.1. The number of nitrogens with two attached hydrogens (primary N) is 1. The van der Waals surface area contributed by atoms with Crippen molar-refractivity contribution in [2.75, 3.05) is 13.2 Å². The average Bonchev–Trinajstić information content (AvgIpc) is 2.46. The third-order valence-corrected chi connectivity index (χ3v) is 2.99. The lowest BCUT2D eigenvalue weighted by Gasteiger charge is -2.29. The van der Waals surface area contributed by atoms with Gasteiger partial charge in [0.15, 0.2) is 0 Å². The molecule has 2 N–H and O–H groups in total. The molecule has 18 heavy (non-hydrogen) atoms. The summed E-state index contributed by atoms with van der Waals surface area (Å²) in [7, 11) is 0. The number of hydrogen-bond donors (Lipinski definition) is 1. The number of ether oxygens (including phenoxy) is 1. The largest absolute Gasteiger partial charge is 0.363 e. The average molecular weight is 242 g/mol. The first-order valence-electron chi connectivity index (χ1n) is 6.08.